The molecule has 132 valence electrons. The van der Waals surface area contributed by atoms with Crippen molar-refractivity contribution < 1.29 is 36.3 Å². The average molecular weight is 366 g/mol. The molecule has 2 N–H and O–H groups in total. The number of carbonyl (C=O) groups is 2. The third-order valence-corrected chi connectivity index (χ3v) is 5.32. The second-order valence-corrected chi connectivity index (χ2v) is 6.94. The van der Waals surface area contributed by atoms with Crippen LogP contribution >= 0.6 is 0 Å². The van der Waals surface area contributed by atoms with E-state index in [0.717, 1.165) is 18.2 Å². The lowest BCUT2D eigenvalue weighted by Gasteiger charge is -2.33. The quantitative estimate of drug-likeness (QED) is 0.815. The zero-order valence-electron chi connectivity index (χ0n) is 12.1. The molecule has 0 spiro atoms. The van der Waals surface area contributed by atoms with Crippen molar-refractivity contribution in [3.8, 4) is 0 Å². The molecule has 1 aromatic rings. The van der Waals surface area contributed by atoms with Gasteiger partial charge in [-0.15, -0.1) is 0 Å². The van der Waals surface area contributed by atoms with Gasteiger partial charge in [0.1, 0.15) is 6.04 Å². The smallest absolute Gasteiger partial charge is 0.416 e. The second kappa shape index (κ2) is 6.40. The Hall–Kier alpha value is -2.14. The van der Waals surface area contributed by atoms with Gasteiger partial charge in [-0.1, -0.05) is 6.07 Å². The molecule has 11 heteroatoms. The fraction of sp³-hybridized carbons (Fsp3) is 0.385. The number of hydrogen-bond donors (Lipinski definition) is 2. The highest BCUT2D eigenvalue weighted by Gasteiger charge is 2.40. The summed E-state index contributed by atoms with van der Waals surface area (Å²) in [5.41, 5.74) is -1.15. The van der Waals surface area contributed by atoms with Crippen molar-refractivity contribution in [2.24, 2.45) is 0 Å². The summed E-state index contributed by atoms with van der Waals surface area (Å²) in [5.74, 6) is -2.21. The summed E-state index contributed by atoms with van der Waals surface area (Å²) >= 11 is 0. The lowest BCUT2D eigenvalue weighted by Crippen LogP contribution is -2.57. The van der Waals surface area contributed by atoms with Gasteiger partial charge >= 0.3 is 12.1 Å². The standard InChI is InChI=1S/C13H13F3N2O5S/c14-13(15,16)8-2-1-3-9(6-8)24(22,23)18-5-4-17-12(21)10(18)7-11(19)20/h1-3,6,10H,4-5,7H2,(H,17,21)(H,19,20). The van der Waals surface area contributed by atoms with E-state index in [0.29, 0.717) is 10.4 Å². The minimum absolute atomic E-state index is 0.0624. The van der Waals surface area contributed by atoms with E-state index in [2.05, 4.69) is 5.32 Å². The molecule has 1 atom stereocenters. The van der Waals surface area contributed by atoms with Gasteiger partial charge < -0.3 is 10.4 Å². The lowest BCUT2D eigenvalue weighted by atomic mass is 10.1. The summed E-state index contributed by atoms with van der Waals surface area (Å²) in [6.07, 6.45) is -5.52. The van der Waals surface area contributed by atoms with Crippen molar-refractivity contribution in [3.05, 3.63) is 29.8 Å². The SMILES string of the molecule is O=C(O)CC1C(=O)NCCN1S(=O)(=O)c1cccc(C(F)(F)F)c1. The Labute approximate surface area is 135 Å². The molecule has 0 aromatic heterocycles. The van der Waals surface area contributed by atoms with Crippen LogP contribution in [0.5, 0.6) is 0 Å². The number of alkyl halides is 3. The molecule has 1 aliphatic rings. The predicted molar refractivity (Wildman–Crippen MR) is 74.4 cm³/mol. The first-order valence-electron chi connectivity index (χ1n) is 6.72. The molecule has 1 heterocycles. The Morgan fingerprint density at radius 3 is 2.62 bits per heavy atom. The van der Waals surface area contributed by atoms with Gasteiger partial charge in [-0.25, -0.2) is 8.42 Å². The third kappa shape index (κ3) is 3.67. The van der Waals surface area contributed by atoms with Crippen molar-refractivity contribution in [2.45, 2.75) is 23.5 Å². The number of hydrogen-bond acceptors (Lipinski definition) is 4. The van der Waals surface area contributed by atoms with Crippen LogP contribution in [0.1, 0.15) is 12.0 Å². The van der Waals surface area contributed by atoms with Gasteiger partial charge in [0.2, 0.25) is 15.9 Å². The summed E-state index contributed by atoms with van der Waals surface area (Å²) in [6, 6.07) is 1.56. The molecule has 1 amide bonds. The van der Waals surface area contributed by atoms with E-state index in [4.69, 9.17) is 5.11 Å². The zero-order chi connectivity index (χ0) is 18.1. The number of carboxylic acid groups (broad SMARTS) is 1. The Balaban J connectivity index is 2.44. The number of nitrogens with one attached hydrogen (secondary N) is 1. The van der Waals surface area contributed by atoms with Gasteiger partial charge in [0, 0.05) is 13.1 Å². The summed E-state index contributed by atoms with van der Waals surface area (Å²) < 4.78 is 64.1. The van der Waals surface area contributed by atoms with E-state index in [1.807, 2.05) is 0 Å². The molecule has 24 heavy (non-hydrogen) atoms. The first-order valence-corrected chi connectivity index (χ1v) is 8.16. The van der Waals surface area contributed by atoms with E-state index in [-0.39, 0.29) is 13.1 Å². The number of aliphatic carboxylic acids is 1. The van der Waals surface area contributed by atoms with Crippen LogP contribution < -0.4 is 5.32 Å². The maximum absolute atomic E-state index is 12.8. The highest BCUT2D eigenvalue weighted by Crippen LogP contribution is 2.31. The average Bonchev–Trinajstić information content (AvgIpc) is 2.48. The Morgan fingerprint density at radius 1 is 1.38 bits per heavy atom. The number of carboxylic acids is 1. The van der Waals surface area contributed by atoms with Gasteiger partial charge in [0.05, 0.1) is 16.9 Å². The van der Waals surface area contributed by atoms with Crippen molar-refractivity contribution in [2.75, 3.05) is 13.1 Å². The van der Waals surface area contributed by atoms with Gasteiger partial charge in [0.15, 0.2) is 0 Å². The van der Waals surface area contributed by atoms with E-state index in [1.54, 1.807) is 0 Å². The Morgan fingerprint density at radius 2 is 2.04 bits per heavy atom. The van der Waals surface area contributed by atoms with Crippen LogP contribution in [-0.4, -0.2) is 48.8 Å². The normalized spacial score (nSPS) is 19.8. The molecule has 1 saturated heterocycles. The molecule has 0 saturated carbocycles. The molecule has 0 radical (unpaired) electrons. The van der Waals surface area contributed by atoms with Crippen molar-refractivity contribution >= 4 is 21.9 Å². The van der Waals surface area contributed by atoms with Gasteiger partial charge in [-0.3, -0.25) is 9.59 Å². The number of carbonyl (C=O) groups excluding carboxylic acids is 1. The topological polar surface area (TPSA) is 104 Å². The predicted octanol–water partition coefficient (Wildman–Crippen LogP) is 0.669. The fourth-order valence-corrected chi connectivity index (χ4v) is 3.94. The molecule has 1 aliphatic heterocycles. The minimum Gasteiger partial charge on any atom is -0.481 e. The number of nitrogens with zero attached hydrogens (tertiary/aromatic N) is 1. The van der Waals surface area contributed by atoms with Gasteiger partial charge in [-0.2, -0.15) is 17.5 Å². The van der Waals surface area contributed by atoms with Crippen LogP contribution in [0.3, 0.4) is 0 Å². The van der Waals surface area contributed by atoms with Crippen molar-refractivity contribution in [1.82, 2.24) is 9.62 Å². The van der Waals surface area contributed by atoms with Crippen LogP contribution in [0.15, 0.2) is 29.2 Å². The molecule has 7 nitrogen and oxygen atoms in total. The van der Waals surface area contributed by atoms with E-state index in [9.17, 15) is 31.2 Å². The van der Waals surface area contributed by atoms with Crippen LogP contribution in [-0.2, 0) is 25.8 Å². The number of sulfonamides is 1. The van der Waals surface area contributed by atoms with E-state index < -0.39 is 51.0 Å². The first-order chi connectivity index (χ1) is 11.0. The molecule has 0 aliphatic carbocycles. The van der Waals surface area contributed by atoms with Gasteiger partial charge in [-0.05, 0) is 18.2 Å². The zero-order valence-corrected chi connectivity index (χ0v) is 12.9. The summed E-state index contributed by atoms with van der Waals surface area (Å²) in [7, 11) is -4.46. The Bertz CT molecular complexity index is 763. The summed E-state index contributed by atoms with van der Waals surface area (Å²) in [5, 5.41) is 11.2. The van der Waals surface area contributed by atoms with Crippen LogP contribution in [0.2, 0.25) is 0 Å². The monoisotopic (exact) mass is 366 g/mol. The van der Waals surface area contributed by atoms with Crippen LogP contribution in [0.4, 0.5) is 13.2 Å². The molecular weight excluding hydrogens is 353 g/mol. The largest absolute Gasteiger partial charge is 0.481 e. The number of rotatable bonds is 4. The highest BCUT2D eigenvalue weighted by atomic mass is 32.2. The first kappa shape index (κ1) is 18.2. The number of piperazine rings is 1. The molecule has 1 fully saturated rings. The number of halogens is 3. The van der Waals surface area contributed by atoms with E-state index in [1.165, 1.54) is 0 Å². The second-order valence-electron chi connectivity index (χ2n) is 5.05. The Kier molecular flexibility index (Phi) is 4.85. The number of amides is 1. The molecule has 1 unspecified atom stereocenters. The fourth-order valence-electron chi connectivity index (χ4n) is 2.31. The van der Waals surface area contributed by atoms with Crippen LogP contribution in [0, 0.1) is 0 Å². The molecular formula is C13H13F3N2O5S. The van der Waals surface area contributed by atoms with Crippen LogP contribution in [0.25, 0.3) is 0 Å². The lowest BCUT2D eigenvalue weighted by molar-refractivity contribution is -0.141. The molecule has 0 bridgehead atoms. The maximum Gasteiger partial charge on any atom is 0.416 e. The van der Waals surface area contributed by atoms with Crippen molar-refractivity contribution in [1.29, 1.82) is 0 Å². The third-order valence-electron chi connectivity index (χ3n) is 3.42. The minimum atomic E-state index is -4.73. The van der Waals surface area contributed by atoms with Gasteiger partial charge in [0.25, 0.3) is 0 Å². The summed E-state index contributed by atoms with van der Waals surface area (Å²) in [4.78, 5) is 22.0. The van der Waals surface area contributed by atoms with E-state index >= 15 is 0 Å². The van der Waals surface area contributed by atoms with Crippen molar-refractivity contribution in [3.63, 3.8) is 0 Å². The molecule has 2 rings (SSSR count). The highest BCUT2D eigenvalue weighted by molar-refractivity contribution is 7.89. The summed E-state index contributed by atoms with van der Waals surface area (Å²) in [6.45, 7) is -0.296. The molecule has 1 aromatic carbocycles. The maximum atomic E-state index is 12.8. The number of benzene rings is 1.